The van der Waals surface area contributed by atoms with Crippen LogP contribution in [0.3, 0.4) is 0 Å². The van der Waals surface area contributed by atoms with Gasteiger partial charge in [0.1, 0.15) is 0 Å². The molecule has 0 aliphatic carbocycles. The van der Waals surface area contributed by atoms with Crippen molar-refractivity contribution < 1.29 is 26.3 Å². The second kappa shape index (κ2) is 12.7. The number of nitrogens with zero attached hydrogens (tertiary/aromatic N) is 4. The monoisotopic (exact) mass is 714 g/mol. The molecule has 2 heterocycles. The van der Waals surface area contributed by atoms with Crippen molar-refractivity contribution in [3.8, 4) is 51.0 Å². The molecule has 0 aliphatic heterocycles. The Bertz CT molecular complexity index is 2550. The zero-order chi connectivity index (χ0) is 37.1. The molecule has 0 amide bonds. The molecule has 0 radical (unpaired) electrons. The standard InChI is InChI=1S/C43H28F6N4/c1-25-13-17-33-34-18-14-26(2)22-37(34)53(36(33)21-25)38-23-29(15-19-32(38)31-20-16-30(42(44,45)46)24-35(31)43(47,48)49)41-51-39(27-9-5-3-6-10-27)50-40(52-41)28-11-7-4-8-12-28/h3-24H,1-2H3. The van der Waals surface area contributed by atoms with Gasteiger partial charge in [-0.1, -0.05) is 103 Å². The highest BCUT2D eigenvalue weighted by molar-refractivity contribution is 6.10. The fourth-order valence-corrected chi connectivity index (χ4v) is 6.71. The van der Waals surface area contributed by atoms with E-state index in [0.29, 0.717) is 29.0 Å². The maximum atomic E-state index is 14.7. The zero-order valence-corrected chi connectivity index (χ0v) is 28.3. The van der Waals surface area contributed by atoms with E-state index in [1.165, 1.54) is 6.07 Å². The van der Waals surface area contributed by atoms with E-state index >= 15 is 0 Å². The molecule has 8 rings (SSSR count). The summed E-state index contributed by atoms with van der Waals surface area (Å²) in [7, 11) is 0. The maximum absolute atomic E-state index is 14.7. The number of aromatic nitrogens is 4. The van der Waals surface area contributed by atoms with Crippen molar-refractivity contribution in [2.45, 2.75) is 26.2 Å². The summed E-state index contributed by atoms with van der Waals surface area (Å²) < 4.78 is 87.4. The van der Waals surface area contributed by atoms with Crippen LogP contribution in [0.15, 0.2) is 133 Å². The minimum Gasteiger partial charge on any atom is -0.309 e. The number of halogens is 6. The Kier molecular flexibility index (Phi) is 8.13. The normalized spacial score (nSPS) is 12.2. The summed E-state index contributed by atoms with van der Waals surface area (Å²) in [5.74, 6) is 1.05. The van der Waals surface area contributed by atoms with Gasteiger partial charge in [0, 0.05) is 33.0 Å². The van der Waals surface area contributed by atoms with Gasteiger partial charge in [-0.3, -0.25) is 0 Å². The molecular weight excluding hydrogens is 686 g/mol. The van der Waals surface area contributed by atoms with E-state index in [1.807, 2.05) is 115 Å². The number of alkyl halides is 6. The first kappa shape index (κ1) is 33.8. The third kappa shape index (κ3) is 6.30. The van der Waals surface area contributed by atoms with E-state index < -0.39 is 29.0 Å². The highest BCUT2D eigenvalue weighted by Gasteiger charge is 2.39. The molecule has 0 fully saturated rings. The highest BCUT2D eigenvalue weighted by atomic mass is 19.4. The molecule has 4 nitrogen and oxygen atoms in total. The van der Waals surface area contributed by atoms with Crippen molar-refractivity contribution >= 4 is 21.8 Å². The van der Waals surface area contributed by atoms with Gasteiger partial charge in [-0.15, -0.1) is 0 Å². The Morgan fingerprint density at radius 1 is 0.453 bits per heavy atom. The smallest absolute Gasteiger partial charge is 0.309 e. The van der Waals surface area contributed by atoms with Crippen molar-refractivity contribution in [1.82, 2.24) is 19.5 Å². The van der Waals surface area contributed by atoms with Crippen LogP contribution in [0.1, 0.15) is 22.3 Å². The number of hydrogen-bond donors (Lipinski definition) is 0. The topological polar surface area (TPSA) is 43.6 Å². The molecule has 262 valence electrons. The largest absolute Gasteiger partial charge is 0.417 e. The van der Waals surface area contributed by atoms with Crippen LogP contribution in [0.5, 0.6) is 0 Å². The second-order valence-electron chi connectivity index (χ2n) is 12.9. The molecule has 0 bridgehead atoms. The second-order valence-corrected chi connectivity index (χ2v) is 12.9. The lowest BCUT2D eigenvalue weighted by atomic mass is 9.94. The first-order valence-electron chi connectivity index (χ1n) is 16.7. The van der Waals surface area contributed by atoms with Crippen LogP contribution in [0.4, 0.5) is 26.3 Å². The van der Waals surface area contributed by atoms with Gasteiger partial charge in [0.05, 0.1) is 27.8 Å². The van der Waals surface area contributed by atoms with Crippen LogP contribution in [0, 0.1) is 13.8 Å². The summed E-state index contributed by atoms with van der Waals surface area (Å²) in [4.78, 5) is 14.4. The van der Waals surface area contributed by atoms with Gasteiger partial charge >= 0.3 is 12.4 Å². The Labute approximate surface area is 300 Å². The number of fused-ring (bicyclic) bond motifs is 3. The predicted molar refractivity (Wildman–Crippen MR) is 195 cm³/mol. The summed E-state index contributed by atoms with van der Waals surface area (Å²) in [5, 5.41) is 1.73. The van der Waals surface area contributed by atoms with Crippen LogP contribution in [-0.2, 0) is 12.4 Å². The lowest BCUT2D eigenvalue weighted by molar-refractivity contribution is -0.142. The molecule has 0 unspecified atom stereocenters. The molecule has 0 N–H and O–H groups in total. The fourth-order valence-electron chi connectivity index (χ4n) is 6.71. The number of rotatable bonds is 5. The fraction of sp³-hybridized carbons (Fsp3) is 0.0930. The van der Waals surface area contributed by atoms with Crippen LogP contribution in [0.25, 0.3) is 72.8 Å². The highest BCUT2D eigenvalue weighted by Crippen LogP contribution is 2.45. The number of benzene rings is 6. The molecule has 10 heteroatoms. The third-order valence-electron chi connectivity index (χ3n) is 9.22. The van der Waals surface area contributed by atoms with Crippen LogP contribution in [0.2, 0.25) is 0 Å². The molecule has 2 aromatic heterocycles. The van der Waals surface area contributed by atoms with E-state index in [1.54, 1.807) is 12.1 Å². The Balaban J connectivity index is 1.47. The van der Waals surface area contributed by atoms with E-state index in [0.717, 1.165) is 50.1 Å². The Morgan fingerprint density at radius 2 is 0.943 bits per heavy atom. The van der Waals surface area contributed by atoms with Gasteiger partial charge in [-0.25, -0.2) is 15.0 Å². The van der Waals surface area contributed by atoms with Gasteiger partial charge in [-0.05, 0) is 60.9 Å². The van der Waals surface area contributed by atoms with E-state index in [-0.39, 0.29) is 17.5 Å². The van der Waals surface area contributed by atoms with Crippen LogP contribution in [-0.4, -0.2) is 19.5 Å². The first-order chi connectivity index (χ1) is 25.3. The number of hydrogen-bond acceptors (Lipinski definition) is 3. The van der Waals surface area contributed by atoms with Crippen molar-refractivity contribution in [3.63, 3.8) is 0 Å². The first-order valence-corrected chi connectivity index (χ1v) is 16.7. The van der Waals surface area contributed by atoms with Crippen molar-refractivity contribution in [1.29, 1.82) is 0 Å². The Morgan fingerprint density at radius 3 is 1.43 bits per heavy atom. The maximum Gasteiger partial charge on any atom is 0.417 e. The van der Waals surface area contributed by atoms with Crippen LogP contribution >= 0.6 is 0 Å². The average Bonchev–Trinajstić information content (AvgIpc) is 3.46. The number of aryl methyl sites for hydroxylation is 2. The molecule has 6 aromatic carbocycles. The van der Waals surface area contributed by atoms with E-state index in [2.05, 4.69) is 0 Å². The molecule has 0 aliphatic rings. The third-order valence-corrected chi connectivity index (χ3v) is 9.22. The summed E-state index contributed by atoms with van der Waals surface area (Å²) in [6.45, 7) is 3.84. The zero-order valence-electron chi connectivity index (χ0n) is 28.3. The van der Waals surface area contributed by atoms with Crippen LogP contribution < -0.4 is 0 Å². The molecule has 53 heavy (non-hydrogen) atoms. The average molecular weight is 715 g/mol. The van der Waals surface area contributed by atoms with Gasteiger partial charge in [-0.2, -0.15) is 26.3 Å². The summed E-state index contributed by atoms with van der Waals surface area (Å²) in [6.07, 6.45) is -10.1. The van der Waals surface area contributed by atoms with Gasteiger partial charge < -0.3 is 4.57 Å². The van der Waals surface area contributed by atoms with Gasteiger partial charge in [0.2, 0.25) is 0 Å². The quantitative estimate of drug-likeness (QED) is 0.167. The van der Waals surface area contributed by atoms with Crippen molar-refractivity contribution in [3.05, 3.63) is 156 Å². The molecule has 0 saturated heterocycles. The molecular formula is C43H28F6N4. The van der Waals surface area contributed by atoms with E-state index in [4.69, 9.17) is 15.0 Å². The van der Waals surface area contributed by atoms with E-state index in [9.17, 15) is 26.3 Å². The minimum atomic E-state index is -5.09. The SMILES string of the molecule is Cc1ccc2c3ccc(C)cc3n(-c3cc(-c4nc(-c5ccccc5)nc(-c5ccccc5)n4)ccc3-c3ccc(C(F)(F)F)cc3C(F)(F)F)c2c1. The molecule has 0 saturated carbocycles. The minimum absolute atomic E-state index is 0.0808. The molecule has 8 aromatic rings. The lowest BCUT2D eigenvalue weighted by Gasteiger charge is -2.20. The summed E-state index contributed by atoms with van der Waals surface area (Å²) >= 11 is 0. The predicted octanol–water partition coefficient (Wildman–Crippen LogP) is 12.3. The van der Waals surface area contributed by atoms with Crippen molar-refractivity contribution in [2.75, 3.05) is 0 Å². The lowest BCUT2D eigenvalue weighted by Crippen LogP contribution is -2.12. The summed E-state index contributed by atoms with van der Waals surface area (Å²) in [5.41, 5.74) is 2.42. The van der Waals surface area contributed by atoms with Crippen molar-refractivity contribution in [2.24, 2.45) is 0 Å². The molecule has 0 atom stereocenters. The Hall–Kier alpha value is -6.29. The summed E-state index contributed by atoms with van der Waals surface area (Å²) in [6, 6.07) is 37.0. The van der Waals surface area contributed by atoms with Gasteiger partial charge in [0.25, 0.3) is 0 Å². The molecule has 0 spiro atoms. The van der Waals surface area contributed by atoms with Gasteiger partial charge in [0.15, 0.2) is 17.5 Å².